The minimum absolute atomic E-state index is 0.0139. The Bertz CT molecular complexity index is 1170. The lowest BCUT2D eigenvalue weighted by Gasteiger charge is -2.22. The highest BCUT2D eigenvalue weighted by atomic mass is 32.2. The second-order valence-electron chi connectivity index (χ2n) is 6.82. The molecule has 0 bridgehead atoms. The van der Waals surface area contributed by atoms with E-state index < -0.39 is 35.2 Å². The number of thioether (sulfide) groups is 1. The van der Waals surface area contributed by atoms with E-state index in [9.17, 15) is 29.6 Å². The van der Waals surface area contributed by atoms with Crippen molar-refractivity contribution in [1.29, 1.82) is 0 Å². The highest BCUT2D eigenvalue weighted by Crippen LogP contribution is 2.37. The molecule has 10 nitrogen and oxygen atoms in total. The first-order chi connectivity index (χ1) is 15.1. The molecule has 1 aliphatic heterocycles. The SMILES string of the molecule is Cc1ccc(-c2ccc(/C=C3/SC(=S)N(C(CCC(=O)O)C(=O)O)C3=O)o2)c([N+](=O)[O-])c1. The number of hydrogen-bond donors (Lipinski definition) is 2. The van der Waals surface area contributed by atoms with Crippen LogP contribution in [-0.4, -0.2) is 48.2 Å². The monoisotopic (exact) mass is 476 g/mol. The maximum Gasteiger partial charge on any atom is 0.326 e. The highest BCUT2D eigenvalue weighted by Gasteiger charge is 2.40. The number of rotatable bonds is 8. The van der Waals surface area contributed by atoms with Crippen LogP contribution in [0.15, 0.2) is 39.7 Å². The third-order valence-electron chi connectivity index (χ3n) is 4.57. The fraction of sp³-hybridized carbons (Fsp3) is 0.200. The summed E-state index contributed by atoms with van der Waals surface area (Å²) < 4.78 is 5.65. The second kappa shape index (κ2) is 9.32. The van der Waals surface area contributed by atoms with Crippen LogP contribution in [0.25, 0.3) is 17.4 Å². The molecule has 1 aromatic carbocycles. The van der Waals surface area contributed by atoms with Crippen molar-refractivity contribution in [2.45, 2.75) is 25.8 Å². The molecule has 1 aliphatic rings. The van der Waals surface area contributed by atoms with Gasteiger partial charge < -0.3 is 14.6 Å². The van der Waals surface area contributed by atoms with Gasteiger partial charge in [-0.05, 0) is 37.1 Å². The van der Waals surface area contributed by atoms with Crippen LogP contribution >= 0.6 is 24.0 Å². The molecule has 0 saturated carbocycles. The molecule has 1 fully saturated rings. The number of amides is 1. The molecule has 2 aromatic rings. The number of nitro benzene ring substituents is 1. The quantitative estimate of drug-likeness (QED) is 0.250. The second-order valence-corrected chi connectivity index (χ2v) is 8.49. The van der Waals surface area contributed by atoms with Crippen LogP contribution in [0, 0.1) is 17.0 Å². The zero-order valence-corrected chi connectivity index (χ0v) is 18.1. The summed E-state index contributed by atoms with van der Waals surface area (Å²) >= 11 is 6.00. The van der Waals surface area contributed by atoms with Gasteiger partial charge in [0.2, 0.25) is 0 Å². The largest absolute Gasteiger partial charge is 0.481 e. The zero-order valence-electron chi connectivity index (χ0n) is 16.5. The molecule has 2 N–H and O–H groups in total. The predicted molar refractivity (Wildman–Crippen MR) is 119 cm³/mol. The van der Waals surface area contributed by atoms with Crippen molar-refractivity contribution in [3.05, 3.63) is 56.7 Å². The Hall–Kier alpha value is -3.51. The van der Waals surface area contributed by atoms with Gasteiger partial charge in [-0.3, -0.25) is 24.6 Å². The molecule has 166 valence electrons. The van der Waals surface area contributed by atoms with E-state index in [0.29, 0.717) is 5.56 Å². The van der Waals surface area contributed by atoms with Crippen molar-refractivity contribution in [2.75, 3.05) is 0 Å². The van der Waals surface area contributed by atoms with Gasteiger partial charge in [-0.25, -0.2) is 4.79 Å². The smallest absolute Gasteiger partial charge is 0.326 e. The molecule has 0 aliphatic carbocycles. The van der Waals surface area contributed by atoms with E-state index in [1.165, 1.54) is 24.3 Å². The summed E-state index contributed by atoms with van der Waals surface area (Å²) in [6.45, 7) is 1.73. The standard InChI is InChI=1S/C20H16N2O8S2/c1-10-2-4-12(14(8-10)22(28)29)15-6-3-11(30-15)9-16-18(25)21(20(31)32-16)13(19(26)27)5-7-17(23)24/h2-4,6,8-9,13H,5,7H2,1H3,(H,23,24)(H,26,27)/b16-9+. The van der Waals surface area contributed by atoms with Gasteiger partial charge in [-0.15, -0.1) is 0 Å². The van der Waals surface area contributed by atoms with Crippen molar-refractivity contribution in [1.82, 2.24) is 4.90 Å². The van der Waals surface area contributed by atoms with Gasteiger partial charge in [-0.1, -0.05) is 30.0 Å². The Balaban J connectivity index is 1.88. The predicted octanol–water partition coefficient (Wildman–Crippen LogP) is 3.68. The molecule has 1 saturated heterocycles. The highest BCUT2D eigenvalue weighted by molar-refractivity contribution is 8.26. The molecular weight excluding hydrogens is 460 g/mol. The van der Waals surface area contributed by atoms with Gasteiger partial charge in [0.05, 0.1) is 15.4 Å². The third-order valence-corrected chi connectivity index (χ3v) is 5.90. The average molecular weight is 476 g/mol. The topological polar surface area (TPSA) is 151 Å². The van der Waals surface area contributed by atoms with Gasteiger partial charge >= 0.3 is 11.9 Å². The summed E-state index contributed by atoms with van der Waals surface area (Å²) in [6.07, 6.45) is 0.620. The summed E-state index contributed by atoms with van der Waals surface area (Å²) in [6, 6.07) is 6.33. The van der Waals surface area contributed by atoms with E-state index in [2.05, 4.69) is 0 Å². The molecule has 1 unspecified atom stereocenters. The Morgan fingerprint density at radius 2 is 2.03 bits per heavy atom. The first-order valence-electron chi connectivity index (χ1n) is 9.15. The van der Waals surface area contributed by atoms with Crippen molar-refractivity contribution in [3.8, 4) is 11.3 Å². The van der Waals surface area contributed by atoms with E-state index in [4.69, 9.17) is 21.7 Å². The van der Waals surface area contributed by atoms with Gasteiger partial charge in [0, 0.05) is 18.6 Å². The van der Waals surface area contributed by atoms with Crippen LogP contribution in [0.2, 0.25) is 0 Å². The number of hydrogen-bond acceptors (Lipinski definition) is 8. The van der Waals surface area contributed by atoms with Crippen LogP contribution in [0.3, 0.4) is 0 Å². The summed E-state index contributed by atoms with van der Waals surface area (Å²) in [5.74, 6) is -2.80. The minimum Gasteiger partial charge on any atom is -0.481 e. The normalized spacial score (nSPS) is 15.9. The number of nitrogens with zero attached hydrogens (tertiary/aromatic N) is 2. The number of carbonyl (C=O) groups excluding carboxylic acids is 1. The lowest BCUT2D eigenvalue weighted by molar-refractivity contribution is -0.384. The summed E-state index contributed by atoms with van der Waals surface area (Å²) in [5.41, 5.74) is 0.860. The lowest BCUT2D eigenvalue weighted by Crippen LogP contribution is -2.44. The Labute approximate surface area is 190 Å². The van der Waals surface area contributed by atoms with Crippen molar-refractivity contribution >= 4 is 57.9 Å². The van der Waals surface area contributed by atoms with E-state index in [1.54, 1.807) is 19.1 Å². The van der Waals surface area contributed by atoms with Crippen LogP contribution in [-0.2, 0) is 14.4 Å². The van der Waals surface area contributed by atoms with Crippen LogP contribution in [0.1, 0.15) is 24.2 Å². The Morgan fingerprint density at radius 1 is 1.31 bits per heavy atom. The fourth-order valence-electron chi connectivity index (χ4n) is 3.08. The molecule has 3 rings (SSSR count). The van der Waals surface area contributed by atoms with Crippen molar-refractivity contribution < 1.29 is 33.9 Å². The van der Waals surface area contributed by atoms with E-state index >= 15 is 0 Å². The number of carbonyl (C=O) groups is 3. The molecule has 32 heavy (non-hydrogen) atoms. The lowest BCUT2D eigenvalue weighted by atomic mass is 10.1. The minimum atomic E-state index is -1.41. The number of thiocarbonyl (C=S) groups is 1. The van der Waals surface area contributed by atoms with Gasteiger partial charge in [0.1, 0.15) is 21.9 Å². The number of aryl methyl sites for hydroxylation is 1. The molecule has 0 radical (unpaired) electrons. The number of nitro groups is 1. The first-order valence-corrected chi connectivity index (χ1v) is 10.4. The van der Waals surface area contributed by atoms with Gasteiger partial charge in [-0.2, -0.15) is 0 Å². The van der Waals surface area contributed by atoms with Gasteiger partial charge in [0.15, 0.2) is 0 Å². The maximum absolute atomic E-state index is 12.8. The fourth-order valence-corrected chi connectivity index (χ4v) is 4.41. The van der Waals surface area contributed by atoms with Crippen LogP contribution in [0.5, 0.6) is 0 Å². The van der Waals surface area contributed by atoms with E-state index in [1.807, 2.05) is 0 Å². The Kier molecular flexibility index (Phi) is 6.75. The number of carboxylic acids is 2. The molecule has 1 aromatic heterocycles. The van der Waals surface area contributed by atoms with Gasteiger partial charge in [0.25, 0.3) is 11.6 Å². The van der Waals surface area contributed by atoms with Crippen molar-refractivity contribution in [3.63, 3.8) is 0 Å². The first kappa shape index (κ1) is 23.2. The number of benzene rings is 1. The number of aliphatic carboxylic acids is 2. The number of furan rings is 1. The third kappa shape index (κ3) is 4.86. The summed E-state index contributed by atoms with van der Waals surface area (Å²) in [7, 11) is 0. The molecular formula is C20H16N2O8S2. The molecule has 1 amide bonds. The summed E-state index contributed by atoms with van der Waals surface area (Å²) in [4.78, 5) is 47.0. The molecule has 2 heterocycles. The zero-order chi connectivity index (χ0) is 23.6. The van der Waals surface area contributed by atoms with E-state index in [0.717, 1.165) is 16.7 Å². The Morgan fingerprint density at radius 3 is 2.66 bits per heavy atom. The number of carboxylic acid groups (broad SMARTS) is 2. The van der Waals surface area contributed by atoms with Crippen LogP contribution < -0.4 is 0 Å². The van der Waals surface area contributed by atoms with Crippen LogP contribution in [0.4, 0.5) is 5.69 Å². The summed E-state index contributed by atoms with van der Waals surface area (Å²) in [5, 5.41) is 29.6. The molecule has 12 heteroatoms. The molecule has 0 spiro atoms. The molecule has 1 atom stereocenters. The maximum atomic E-state index is 12.8. The average Bonchev–Trinajstić information content (AvgIpc) is 3.27. The van der Waals surface area contributed by atoms with E-state index in [-0.39, 0.29) is 38.4 Å². The van der Waals surface area contributed by atoms with Crippen molar-refractivity contribution in [2.24, 2.45) is 0 Å².